The quantitative estimate of drug-likeness (QED) is 0.613. The summed E-state index contributed by atoms with van der Waals surface area (Å²) in [4.78, 5) is 23.9. The van der Waals surface area contributed by atoms with Gasteiger partial charge in [0.05, 0.1) is 6.42 Å². The van der Waals surface area contributed by atoms with Crippen molar-refractivity contribution in [2.45, 2.75) is 39.2 Å². The third kappa shape index (κ3) is 7.89. The van der Waals surface area contributed by atoms with E-state index in [1.807, 2.05) is 13.8 Å². The van der Waals surface area contributed by atoms with Gasteiger partial charge in [-0.2, -0.15) is 0 Å². The molecule has 0 aliphatic rings. The molecule has 0 fully saturated rings. The topological polar surface area (TPSA) is 78.9 Å². The Kier molecular flexibility index (Phi) is 9.00. The van der Waals surface area contributed by atoms with Crippen molar-refractivity contribution in [2.24, 2.45) is 0 Å². The molecule has 6 nitrogen and oxygen atoms in total. The van der Waals surface area contributed by atoms with E-state index in [4.69, 9.17) is 9.84 Å². The highest BCUT2D eigenvalue weighted by Crippen LogP contribution is 2.01. The summed E-state index contributed by atoms with van der Waals surface area (Å²) in [5.41, 5.74) is 0. The summed E-state index contributed by atoms with van der Waals surface area (Å²) < 4.78 is 4.91. The zero-order valence-corrected chi connectivity index (χ0v) is 11.4. The van der Waals surface area contributed by atoms with E-state index < -0.39 is 5.97 Å². The van der Waals surface area contributed by atoms with Gasteiger partial charge in [-0.1, -0.05) is 0 Å². The van der Waals surface area contributed by atoms with E-state index in [9.17, 15) is 9.59 Å². The van der Waals surface area contributed by atoms with Gasteiger partial charge in [-0.25, -0.2) is 4.79 Å². The molecule has 0 aromatic carbocycles. The maximum absolute atomic E-state index is 11.8. The molecule has 0 bridgehead atoms. The van der Waals surface area contributed by atoms with Crippen LogP contribution < -0.4 is 5.32 Å². The number of ether oxygens (including phenoxy) is 1. The Morgan fingerprint density at radius 1 is 1.33 bits per heavy atom. The lowest BCUT2D eigenvalue weighted by Crippen LogP contribution is -2.45. The summed E-state index contributed by atoms with van der Waals surface area (Å²) in [5.74, 6) is -0.895. The van der Waals surface area contributed by atoms with E-state index >= 15 is 0 Å². The number of carboxylic acid groups (broad SMARTS) is 1. The van der Waals surface area contributed by atoms with Gasteiger partial charge in [0, 0.05) is 32.8 Å². The number of hydrogen-bond donors (Lipinski definition) is 2. The normalized spacial score (nSPS) is 10.4. The monoisotopic (exact) mass is 260 g/mol. The molecule has 2 N–H and O–H groups in total. The molecule has 0 spiro atoms. The Morgan fingerprint density at radius 2 is 2.00 bits per heavy atom. The van der Waals surface area contributed by atoms with Crippen molar-refractivity contribution in [3.63, 3.8) is 0 Å². The number of unbranched alkanes of at least 4 members (excludes halogenated alkanes) is 1. The van der Waals surface area contributed by atoms with Gasteiger partial charge in [-0.3, -0.25) is 4.79 Å². The summed E-state index contributed by atoms with van der Waals surface area (Å²) in [5, 5.41) is 11.4. The molecule has 0 radical (unpaired) electrons. The number of amides is 2. The molecule has 0 saturated heterocycles. The van der Waals surface area contributed by atoms with Gasteiger partial charge in [-0.15, -0.1) is 0 Å². The van der Waals surface area contributed by atoms with Crippen LogP contribution >= 0.6 is 0 Å². The maximum atomic E-state index is 11.8. The predicted octanol–water partition coefficient (Wildman–Crippen LogP) is 1.31. The Hall–Kier alpha value is -1.30. The second-order valence-electron chi connectivity index (χ2n) is 4.36. The van der Waals surface area contributed by atoms with Gasteiger partial charge < -0.3 is 20.1 Å². The van der Waals surface area contributed by atoms with Crippen LogP contribution in [0, 0.1) is 0 Å². The first-order chi connectivity index (χ1) is 8.49. The molecule has 106 valence electrons. The SMILES string of the molecule is COCCCCNC(=O)N(CCC(=O)O)C(C)C. The second kappa shape index (κ2) is 9.70. The van der Waals surface area contributed by atoms with Gasteiger partial charge in [0.1, 0.15) is 0 Å². The minimum atomic E-state index is -0.895. The van der Waals surface area contributed by atoms with Crippen LogP contribution in [-0.4, -0.2) is 54.9 Å². The molecular weight excluding hydrogens is 236 g/mol. The van der Waals surface area contributed by atoms with E-state index in [1.54, 1.807) is 7.11 Å². The minimum absolute atomic E-state index is 0.0108. The van der Waals surface area contributed by atoms with Crippen molar-refractivity contribution < 1.29 is 19.4 Å². The number of carboxylic acids is 1. The molecule has 18 heavy (non-hydrogen) atoms. The molecule has 2 amide bonds. The van der Waals surface area contributed by atoms with Gasteiger partial charge >= 0.3 is 12.0 Å². The molecular formula is C12H24N2O4. The molecule has 0 unspecified atom stereocenters. The predicted molar refractivity (Wildman–Crippen MR) is 68.6 cm³/mol. The second-order valence-corrected chi connectivity index (χ2v) is 4.36. The Morgan fingerprint density at radius 3 is 2.50 bits per heavy atom. The fourth-order valence-electron chi connectivity index (χ4n) is 1.48. The summed E-state index contributed by atoms with van der Waals surface area (Å²) in [7, 11) is 1.64. The molecule has 0 heterocycles. The van der Waals surface area contributed by atoms with Gasteiger partial charge in [-0.05, 0) is 26.7 Å². The van der Waals surface area contributed by atoms with Gasteiger partial charge in [0.25, 0.3) is 0 Å². The average molecular weight is 260 g/mol. The highest BCUT2D eigenvalue weighted by atomic mass is 16.5. The highest BCUT2D eigenvalue weighted by molar-refractivity contribution is 5.75. The van der Waals surface area contributed by atoms with E-state index in [-0.39, 0.29) is 25.0 Å². The molecule has 0 atom stereocenters. The van der Waals surface area contributed by atoms with Crippen molar-refractivity contribution in [2.75, 3.05) is 26.8 Å². The van der Waals surface area contributed by atoms with E-state index in [0.717, 1.165) is 12.8 Å². The number of nitrogens with one attached hydrogen (secondary N) is 1. The molecule has 0 aliphatic carbocycles. The van der Waals surface area contributed by atoms with E-state index in [0.29, 0.717) is 13.2 Å². The third-order valence-electron chi connectivity index (χ3n) is 2.50. The van der Waals surface area contributed by atoms with Crippen LogP contribution in [0.5, 0.6) is 0 Å². The van der Waals surface area contributed by atoms with Crippen molar-refractivity contribution in [1.82, 2.24) is 10.2 Å². The third-order valence-corrected chi connectivity index (χ3v) is 2.50. The lowest BCUT2D eigenvalue weighted by atomic mass is 10.3. The maximum Gasteiger partial charge on any atom is 0.317 e. The van der Waals surface area contributed by atoms with Gasteiger partial charge in [0.15, 0.2) is 0 Å². The standard InChI is InChI=1S/C12H24N2O4/c1-10(2)14(8-6-11(15)16)12(17)13-7-4-5-9-18-3/h10H,4-9H2,1-3H3,(H,13,17)(H,15,16). The zero-order valence-electron chi connectivity index (χ0n) is 11.4. The number of urea groups is 1. The minimum Gasteiger partial charge on any atom is -0.481 e. The first kappa shape index (κ1) is 16.7. The van der Waals surface area contributed by atoms with Crippen molar-refractivity contribution in [3.8, 4) is 0 Å². The van der Waals surface area contributed by atoms with E-state index in [1.165, 1.54) is 4.90 Å². The Balaban J connectivity index is 3.95. The molecule has 0 aliphatic heterocycles. The summed E-state index contributed by atoms with van der Waals surface area (Å²) >= 11 is 0. The summed E-state index contributed by atoms with van der Waals surface area (Å²) in [6.45, 7) is 5.23. The van der Waals surface area contributed by atoms with Crippen molar-refractivity contribution in [1.29, 1.82) is 0 Å². The van der Waals surface area contributed by atoms with Crippen LogP contribution in [0.15, 0.2) is 0 Å². The van der Waals surface area contributed by atoms with Crippen LogP contribution in [0.4, 0.5) is 4.79 Å². The lowest BCUT2D eigenvalue weighted by Gasteiger charge is -2.26. The van der Waals surface area contributed by atoms with E-state index in [2.05, 4.69) is 5.32 Å². The number of methoxy groups -OCH3 is 1. The van der Waals surface area contributed by atoms with Crippen LogP contribution in [0.1, 0.15) is 33.1 Å². The number of aliphatic carboxylic acids is 1. The average Bonchev–Trinajstić information content (AvgIpc) is 2.28. The number of nitrogens with zero attached hydrogens (tertiary/aromatic N) is 1. The first-order valence-electron chi connectivity index (χ1n) is 6.24. The molecule has 0 rings (SSSR count). The Bertz CT molecular complexity index is 256. The largest absolute Gasteiger partial charge is 0.481 e. The number of hydrogen-bond acceptors (Lipinski definition) is 3. The highest BCUT2D eigenvalue weighted by Gasteiger charge is 2.17. The lowest BCUT2D eigenvalue weighted by molar-refractivity contribution is -0.137. The molecule has 0 saturated carbocycles. The molecule has 0 aromatic heterocycles. The molecule has 0 aromatic rings. The fourth-order valence-corrected chi connectivity index (χ4v) is 1.48. The fraction of sp³-hybridized carbons (Fsp3) is 0.833. The summed E-state index contributed by atoms with van der Waals surface area (Å²) in [6, 6.07) is -0.216. The zero-order chi connectivity index (χ0) is 14.0. The number of rotatable bonds is 9. The van der Waals surface area contributed by atoms with Crippen LogP contribution in [0.3, 0.4) is 0 Å². The number of carbonyl (C=O) groups is 2. The smallest absolute Gasteiger partial charge is 0.317 e. The van der Waals surface area contributed by atoms with Gasteiger partial charge in [0.2, 0.25) is 0 Å². The van der Waals surface area contributed by atoms with Crippen LogP contribution in [-0.2, 0) is 9.53 Å². The number of carbonyl (C=O) groups excluding carboxylic acids is 1. The van der Waals surface area contributed by atoms with Crippen molar-refractivity contribution in [3.05, 3.63) is 0 Å². The summed E-state index contributed by atoms with van der Waals surface area (Å²) in [6.07, 6.45) is 1.72. The first-order valence-corrected chi connectivity index (χ1v) is 6.24. The molecule has 6 heteroatoms. The van der Waals surface area contributed by atoms with Crippen LogP contribution in [0.2, 0.25) is 0 Å². The Labute approximate surface area is 108 Å². The van der Waals surface area contributed by atoms with Crippen molar-refractivity contribution >= 4 is 12.0 Å². The van der Waals surface area contributed by atoms with Crippen LogP contribution in [0.25, 0.3) is 0 Å².